The Balaban J connectivity index is 2.34. The Hall–Kier alpha value is -2.28. The van der Waals surface area contributed by atoms with Crippen LogP contribution in [0.3, 0.4) is 0 Å². The van der Waals surface area contributed by atoms with Crippen molar-refractivity contribution < 1.29 is 14.6 Å². The van der Waals surface area contributed by atoms with Crippen LogP contribution in [-0.2, 0) is 0 Å². The first-order valence-electron chi connectivity index (χ1n) is 6.64. The number of aromatic carboxylic acids is 1. The van der Waals surface area contributed by atoms with Crippen LogP contribution in [0.4, 0.5) is 5.69 Å². The number of hydrogen-bond donors (Lipinski definition) is 2. The monoisotopic (exact) mass is 319 g/mol. The molecule has 0 radical (unpaired) electrons. The maximum Gasteiger partial charge on any atom is 0.342 e. The summed E-state index contributed by atoms with van der Waals surface area (Å²) in [7, 11) is 1.82. The lowest BCUT2D eigenvalue weighted by Crippen LogP contribution is -2.11. The summed E-state index contributed by atoms with van der Waals surface area (Å²) in [5, 5.41) is 12.8. The van der Waals surface area contributed by atoms with Gasteiger partial charge in [-0.1, -0.05) is 30.0 Å². The lowest BCUT2D eigenvalue weighted by molar-refractivity contribution is 0.0687. The molecule has 0 saturated carbocycles. The van der Waals surface area contributed by atoms with Crippen molar-refractivity contribution in [2.45, 2.75) is 18.2 Å². The maximum atomic E-state index is 11.3. The quantitative estimate of drug-likeness (QED) is 0.625. The fourth-order valence-corrected chi connectivity index (χ4v) is 2.33. The zero-order valence-electron chi connectivity index (χ0n) is 12.5. The van der Waals surface area contributed by atoms with E-state index in [0.29, 0.717) is 5.16 Å². The molecule has 2 rings (SSSR count). The molecule has 0 saturated heterocycles. The fraction of sp³-hybridized carbons (Fsp3) is 0.267. The lowest BCUT2D eigenvalue weighted by atomic mass is 10.1. The third kappa shape index (κ3) is 3.48. The number of nitrogens with one attached hydrogen (secondary N) is 1. The van der Waals surface area contributed by atoms with Gasteiger partial charge in [0, 0.05) is 24.5 Å². The predicted octanol–water partition coefficient (Wildman–Crippen LogP) is 3.08. The summed E-state index contributed by atoms with van der Waals surface area (Å²) in [5.41, 5.74) is 1.79. The number of para-hydroxylation sites is 1. The summed E-state index contributed by atoms with van der Waals surface area (Å²) in [5.74, 6) is -1.04. The molecule has 1 aromatic heterocycles. The molecule has 2 N–H and O–H groups in total. The molecule has 1 aromatic carbocycles. The summed E-state index contributed by atoms with van der Waals surface area (Å²) >= 11 is 1.33. The van der Waals surface area contributed by atoms with Gasteiger partial charge in [-0.25, -0.2) is 9.78 Å². The molecular formula is C15H17N3O3S. The Morgan fingerprint density at radius 3 is 2.77 bits per heavy atom. The second kappa shape index (κ2) is 7.13. The molecule has 7 heteroatoms. The molecule has 1 heterocycles. The number of thioether (sulfide) groups is 1. The van der Waals surface area contributed by atoms with Gasteiger partial charge in [0.05, 0.1) is 0 Å². The van der Waals surface area contributed by atoms with Crippen LogP contribution in [0.25, 0.3) is 0 Å². The predicted molar refractivity (Wildman–Crippen MR) is 85.8 cm³/mol. The lowest BCUT2D eigenvalue weighted by Gasteiger charge is -2.18. The third-order valence-corrected chi connectivity index (χ3v) is 3.66. The van der Waals surface area contributed by atoms with Gasteiger partial charge >= 0.3 is 5.97 Å². The smallest absolute Gasteiger partial charge is 0.342 e. The van der Waals surface area contributed by atoms with Crippen LogP contribution in [-0.4, -0.2) is 34.3 Å². The number of carboxylic acid groups (broad SMARTS) is 1. The average Bonchev–Trinajstić information content (AvgIpc) is 2.54. The van der Waals surface area contributed by atoms with E-state index in [9.17, 15) is 9.90 Å². The van der Waals surface area contributed by atoms with Gasteiger partial charge < -0.3 is 15.2 Å². The van der Waals surface area contributed by atoms with Gasteiger partial charge in [-0.3, -0.25) is 0 Å². The van der Waals surface area contributed by atoms with E-state index in [4.69, 9.17) is 4.74 Å². The minimum absolute atomic E-state index is 0.0495. The molecule has 0 spiro atoms. The molecule has 0 bridgehead atoms. The molecular weight excluding hydrogens is 302 g/mol. The highest BCUT2D eigenvalue weighted by molar-refractivity contribution is 7.98. The number of carboxylic acids is 1. The van der Waals surface area contributed by atoms with Crippen LogP contribution < -0.4 is 10.1 Å². The van der Waals surface area contributed by atoms with Gasteiger partial charge in [-0.2, -0.15) is 4.98 Å². The van der Waals surface area contributed by atoms with Gasteiger partial charge in [-0.05, 0) is 19.2 Å². The summed E-state index contributed by atoms with van der Waals surface area (Å²) in [6, 6.07) is 7.68. The molecule has 6 nitrogen and oxygen atoms in total. The van der Waals surface area contributed by atoms with Crippen molar-refractivity contribution in [2.24, 2.45) is 0 Å². The first-order valence-corrected chi connectivity index (χ1v) is 7.87. The van der Waals surface area contributed by atoms with Crippen LogP contribution >= 0.6 is 11.8 Å². The normalized spacial score (nSPS) is 11.8. The van der Waals surface area contributed by atoms with Crippen molar-refractivity contribution in [3.05, 3.63) is 41.6 Å². The van der Waals surface area contributed by atoms with E-state index in [1.807, 2.05) is 44.5 Å². The molecule has 0 fully saturated rings. The Morgan fingerprint density at radius 1 is 1.41 bits per heavy atom. The zero-order chi connectivity index (χ0) is 16.1. The van der Waals surface area contributed by atoms with Crippen molar-refractivity contribution in [1.82, 2.24) is 9.97 Å². The van der Waals surface area contributed by atoms with E-state index in [1.165, 1.54) is 18.0 Å². The van der Waals surface area contributed by atoms with Crippen molar-refractivity contribution >= 4 is 23.4 Å². The SMILES string of the molecule is CNc1ccccc1C(C)Oc1nc(SC)ncc1C(=O)O. The van der Waals surface area contributed by atoms with Crippen LogP contribution in [0.5, 0.6) is 5.88 Å². The van der Waals surface area contributed by atoms with Crippen LogP contribution in [0.1, 0.15) is 28.9 Å². The van der Waals surface area contributed by atoms with Gasteiger partial charge in [0.2, 0.25) is 5.88 Å². The summed E-state index contributed by atoms with van der Waals surface area (Å²) in [6.45, 7) is 1.85. The molecule has 0 amide bonds. The van der Waals surface area contributed by atoms with E-state index in [0.717, 1.165) is 11.3 Å². The highest BCUT2D eigenvalue weighted by Gasteiger charge is 2.19. The van der Waals surface area contributed by atoms with E-state index >= 15 is 0 Å². The molecule has 1 atom stereocenters. The molecule has 0 aliphatic heterocycles. The molecule has 22 heavy (non-hydrogen) atoms. The van der Waals surface area contributed by atoms with Crippen molar-refractivity contribution in [2.75, 3.05) is 18.6 Å². The third-order valence-electron chi connectivity index (χ3n) is 3.10. The van der Waals surface area contributed by atoms with Crippen molar-refractivity contribution in [1.29, 1.82) is 0 Å². The van der Waals surface area contributed by atoms with Crippen LogP contribution in [0, 0.1) is 0 Å². The molecule has 116 valence electrons. The summed E-state index contributed by atoms with van der Waals surface area (Å²) < 4.78 is 5.79. The second-order valence-electron chi connectivity index (χ2n) is 4.48. The van der Waals surface area contributed by atoms with Gasteiger partial charge in [0.1, 0.15) is 11.7 Å². The first kappa shape index (κ1) is 16.1. The maximum absolute atomic E-state index is 11.3. The number of anilines is 1. The van der Waals surface area contributed by atoms with E-state index in [1.54, 1.807) is 0 Å². The highest BCUT2D eigenvalue weighted by atomic mass is 32.2. The number of nitrogens with zero attached hydrogens (tertiary/aromatic N) is 2. The minimum atomic E-state index is -1.11. The fourth-order valence-electron chi connectivity index (χ4n) is 2.00. The largest absolute Gasteiger partial charge is 0.477 e. The number of rotatable bonds is 6. The number of carbonyl (C=O) groups is 1. The zero-order valence-corrected chi connectivity index (χ0v) is 13.3. The topological polar surface area (TPSA) is 84.3 Å². The van der Waals surface area contributed by atoms with E-state index in [2.05, 4.69) is 15.3 Å². The summed E-state index contributed by atoms with van der Waals surface area (Å²) in [4.78, 5) is 19.4. The number of hydrogen-bond acceptors (Lipinski definition) is 6. The van der Waals surface area contributed by atoms with E-state index in [-0.39, 0.29) is 17.5 Å². The van der Waals surface area contributed by atoms with Gasteiger partial charge in [0.15, 0.2) is 5.16 Å². The number of aromatic nitrogens is 2. The molecule has 0 aliphatic carbocycles. The molecule has 2 aromatic rings. The molecule has 0 aliphatic rings. The Morgan fingerprint density at radius 2 is 2.14 bits per heavy atom. The average molecular weight is 319 g/mol. The minimum Gasteiger partial charge on any atom is -0.477 e. The van der Waals surface area contributed by atoms with Crippen LogP contribution in [0.15, 0.2) is 35.6 Å². The first-order chi connectivity index (χ1) is 10.6. The van der Waals surface area contributed by atoms with Gasteiger partial charge in [0.25, 0.3) is 0 Å². The van der Waals surface area contributed by atoms with Gasteiger partial charge in [-0.15, -0.1) is 0 Å². The standard InChI is InChI=1S/C15H17N3O3S/c1-9(10-6-4-5-7-12(10)16-2)21-13-11(14(19)20)8-17-15(18-13)22-3/h4-9,16H,1-3H3,(H,19,20). The van der Waals surface area contributed by atoms with Crippen molar-refractivity contribution in [3.63, 3.8) is 0 Å². The van der Waals surface area contributed by atoms with Crippen molar-refractivity contribution in [3.8, 4) is 5.88 Å². The number of benzene rings is 1. The second-order valence-corrected chi connectivity index (χ2v) is 5.25. The Kier molecular flexibility index (Phi) is 5.21. The molecule has 1 unspecified atom stereocenters. The highest BCUT2D eigenvalue weighted by Crippen LogP contribution is 2.28. The van der Waals surface area contributed by atoms with Crippen LogP contribution in [0.2, 0.25) is 0 Å². The summed E-state index contributed by atoms with van der Waals surface area (Å²) in [6.07, 6.45) is 2.73. The number of ether oxygens (including phenoxy) is 1. The Labute approximate surface area is 132 Å². The Bertz CT molecular complexity index is 679. The van der Waals surface area contributed by atoms with E-state index < -0.39 is 5.97 Å².